The van der Waals surface area contributed by atoms with Crippen LogP contribution in [0.3, 0.4) is 0 Å². The van der Waals surface area contributed by atoms with Gasteiger partial charge in [0.05, 0.1) is 23.4 Å². The lowest BCUT2D eigenvalue weighted by molar-refractivity contribution is -0.163. The Morgan fingerprint density at radius 3 is 2.32 bits per heavy atom. The lowest BCUT2D eigenvalue weighted by atomic mass is 9.65. The van der Waals surface area contributed by atoms with E-state index >= 15 is 0 Å². The van der Waals surface area contributed by atoms with Gasteiger partial charge in [0.15, 0.2) is 0 Å². The maximum atomic E-state index is 13.6. The predicted molar refractivity (Wildman–Crippen MR) is 150 cm³/mol. The summed E-state index contributed by atoms with van der Waals surface area (Å²) in [7, 11) is 7.02. The number of aliphatic hydroxyl groups is 1. The third kappa shape index (κ3) is 5.65. The van der Waals surface area contributed by atoms with Crippen LogP contribution < -0.4 is 10.5 Å². The topological polar surface area (TPSA) is 86.1 Å². The number of aromatic nitrogens is 1. The Kier molecular flexibility index (Phi) is 8.60. The average molecular weight is 529 g/mol. The molecule has 2 heterocycles. The molecule has 1 N–H and O–H groups in total. The first-order valence-electron chi connectivity index (χ1n) is 14.6. The first-order chi connectivity index (χ1) is 18.0. The number of carbonyl (C=O) groups is 2. The van der Waals surface area contributed by atoms with Gasteiger partial charge in [-0.3, -0.25) is 14.4 Å². The number of piperidine rings is 1. The maximum Gasteiger partial charge on any atom is 0.256 e. The molecule has 3 aliphatic rings. The van der Waals surface area contributed by atoms with Crippen molar-refractivity contribution < 1.29 is 14.7 Å². The summed E-state index contributed by atoms with van der Waals surface area (Å²) in [5.74, 6) is 0.692. The number of pyridine rings is 1. The third-order valence-electron chi connectivity index (χ3n) is 9.64. The van der Waals surface area contributed by atoms with Crippen LogP contribution in [0.5, 0.6) is 0 Å². The van der Waals surface area contributed by atoms with Gasteiger partial charge in [-0.2, -0.15) is 0 Å². The summed E-state index contributed by atoms with van der Waals surface area (Å²) in [6, 6.07) is 1.49. The van der Waals surface area contributed by atoms with E-state index in [1.807, 2.05) is 19.0 Å². The van der Waals surface area contributed by atoms with E-state index in [0.29, 0.717) is 36.7 Å². The van der Waals surface area contributed by atoms with Crippen molar-refractivity contribution in [1.29, 1.82) is 0 Å². The summed E-state index contributed by atoms with van der Waals surface area (Å²) in [4.78, 5) is 45.0. The molecule has 1 saturated heterocycles. The van der Waals surface area contributed by atoms with Crippen molar-refractivity contribution in [3.8, 4) is 0 Å². The zero-order valence-corrected chi connectivity index (χ0v) is 24.2. The van der Waals surface area contributed by atoms with Gasteiger partial charge < -0.3 is 24.4 Å². The number of hydrogen-bond donors (Lipinski definition) is 1. The summed E-state index contributed by atoms with van der Waals surface area (Å²) >= 11 is 0. The zero-order valence-electron chi connectivity index (χ0n) is 24.2. The zero-order chi connectivity index (χ0) is 27.7. The monoisotopic (exact) mass is 528 g/mol. The highest BCUT2D eigenvalue weighted by Gasteiger charge is 2.55. The molecule has 2 saturated carbocycles. The van der Waals surface area contributed by atoms with Crippen LogP contribution in [0.4, 0.5) is 5.69 Å². The molecule has 0 bridgehead atoms. The van der Waals surface area contributed by atoms with Crippen molar-refractivity contribution in [3.63, 3.8) is 0 Å². The molecule has 2 amide bonds. The normalized spacial score (nSPS) is 24.4. The number of nitrogens with zero attached hydrogens (tertiary/aromatic N) is 4. The second kappa shape index (κ2) is 11.4. The minimum absolute atomic E-state index is 0.00328. The molecule has 3 fully saturated rings. The van der Waals surface area contributed by atoms with Crippen LogP contribution >= 0.6 is 0 Å². The molecule has 1 aromatic heterocycles. The Morgan fingerprint density at radius 1 is 1.05 bits per heavy atom. The maximum absolute atomic E-state index is 13.6. The fourth-order valence-corrected chi connectivity index (χ4v) is 7.37. The largest absolute Gasteiger partial charge is 0.387 e. The van der Waals surface area contributed by atoms with Crippen LogP contribution in [-0.4, -0.2) is 78.2 Å². The summed E-state index contributed by atoms with van der Waals surface area (Å²) in [6.45, 7) is 3.26. The van der Waals surface area contributed by atoms with Crippen LogP contribution in [0.1, 0.15) is 87.9 Å². The molecule has 2 atom stereocenters. The number of anilines is 1. The molecule has 1 aromatic rings. The predicted octanol–water partition coefficient (Wildman–Crippen LogP) is 3.75. The number of likely N-dealkylation sites (tertiary alicyclic amines) is 1. The van der Waals surface area contributed by atoms with Crippen molar-refractivity contribution in [1.82, 2.24) is 14.4 Å². The number of hydrogen-bond acceptors (Lipinski definition) is 5. The van der Waals surface area contributed by atoms with E-state index in [0.717, 1.165) is 32.1 Å². The molecule has 1 aliphatic heterocycles. The second-order valence-electron chi connectivity index (χ2n) is 12.8. The molecule has 8 heteroatoms. The highest BCUT2D eigenvalue weighted by molar-refractivity contribution is 5.99. The molecule has 2 aliphatic carbocycles. The van der Waals surface area contributed by atoms with Crippen molar-refractivity contribution in [2.45, 2.75) is 89.7 Å². The fourth-order valence-electron chi connectivity index (χ4n) is 7.37. The summed E-state index contributed by atoms with van der Waals surface area (Å²) < 4.78 is 1.52. The van der Waals surface area contributed by atoms with Crippen LogP contribution in [0.2, 0.25) is 0 Å². The quantitative estimate of drug-likeness (QED) is 0.583. The minimum atomic E-state index is -1.12. The Balaban J connectivity index is 1.57. The minimum Gasteiger partial charge on any atom is -0.387 e. The molecule has 1 spiro atoms. The van der Waals surface area contributed by atoms with E-state index in [-0.39, 0.29) is 29.8 Å². The Labute approximate surface area is 228 Å². The Bertz CT molecular complexity index is 1070. The van der Waals surface area contributed by atoms with Gasteiger partial charge in [0, 0.05) is 64.9 Å². The van der Waals surface area contributed by atoms with Gasteiger partial charge in [-0.05, 0) is 31.6 Å². The lowest BCUT2D eigenvalue weighted by Gasteiger charge is -2.53. The summed E-state index contributed by atoms with van der Waals surface area (Å²) in [6.07, 6.45) is 13.1. The van der Waals surface area contributed by atoms with Crippen LogP contribution in [0.15, 0.2) is 17.1 Å². The van der Waals surface area contributed by atoms with Crippen molar-refractivity contribution >= 4 is 17.5 Å². The standard InChI is InChI=1S/C30H48N4O4/c1-22(17-23-11-7-6-8-12-23)27(36)33-16-15-30(38,29(20-33)13-9-10-14-29)21-34-19-24(28(37)32(4)5)25(31(2)3)18-26(34)35/h18-19,22-23,38H,6-17,20-21H2,1-5H3/t22-,30?/m1/s1. The van der Waals surface area contributed by atoms with Gasteiger partial charge in [-0.15, -0.1) is 0 Å². The highest BCUT2D eigenvalue weighted by Crippen LogP contribution is 2.52. The fraction of sp³-hybridized carbons (Fsp3) is 0.767. The molecule has 1 unspecified atom stereocenters. The van der Waals surface area contributed by atoms with Gasteiger partial charge in [0.25, 0.3) is 11.5 Å². The first-order valence-corrected chi connectivity index (χ1v) is 14.6. The first kappa shape index (κ1) is 28.7. The van der Waals surface area contributed by atoms with Crippen molar-refractivity contribution in [3.05, 3.63) is 28.2 Å². The van der Waals surface area contributed by atoms with E-state index in [2.05, 4.69) is 6.92 Å². The van der Waals surface area contributed by atoms with Crippen LogP contribution in [0.25, 0.3) is 0 Å². The van der Waals surface area contributed by atoms with E-state index in [9.17, 15) is 19.5 Å². The highest BCUT2D eigenvalue weighted by atomic mass is 16.3. The number of amides is 2. The molecule has 0 radical (unpaired) electrons. The van der Waals surface area contributed by atoms with Crippen LogP contribution in [0, 0.1) is 17.3 Å². The van der Waals surface area contributed by atoms with Gasteiger partial charge in [-0.1, -0.05) is 51.9 Å². The van der Waals surface area contributed by atoms with Gasteiger partial charge in [0.1, 0.15) is 0 Å². The van der Waals surface area contributed by atoms with Gasteiger partial charge in [0.2, 0.25) is 5.91 Å². The summed E-state index contributed by atoms with van der Waals surface area (Å²) in [5.41, 5.74) is -0.774. The van der Waals surface area contributed by atoms with Gasteiger partial charge >= 0.3 is 0 Å². The average Bonchev–Trinajstić information content (AvgIpc) is 3.36. The second-order valence-corrected chi connectivity index (χ2v) is 12.8. The van der Waals surface area contributed by atoms with E-state index in [1.165, 1.54) is 47.6 Å². The smallest absolute Gasteiger partial charge is 0.256 e. The van der Waals surface area contributed by atoms with E-state index < -0.39 is 11.0 Å². The molecule has 0 aromatic carbocycles. The molecule has 212 valence electrons. The van der Waals surface area contributed by atoms with E-state index in [4.69, 9.17) is 0 Å². The lowest BCUT2D eigenvalue weighted by Crippen LogP contribution is -2.62. The molecule has 38 heavy (non-hydrogen) atoms. The van der Waals surface area contributed by atoms with Crippen molar-refractivity contribution in [2.24, 2.45) is 17.3 Å². The molecule has 4 rings (SSSR count). The third-order valence-corrected chi connectivity index (χ3v) is 9.64. The van der Waals surface area contributed by atoms with Crippen molar-refractivity contribution in [2.75, 3.05) is 46.2 Å². The molecular weight excluding hydrogens is 480 g/mol. The SMILES string of the molecule is C[C@H](CC1CCCCC1)C(=O)N1CCC(O)(Cn2cc(C(=O)N(C)C)c(N(C)C)cc2=O)C2(CCCC2)C1. The van der Waals surface area contributed by atoms with Crippen LogP contribution in [-0.2, 0) is 11.3 Å². The Hall–Kier alpha value is -2.35. The number of rotatable bonds is 7. The van der Waals surface area contributed by atoms with Gasteiger partial charge in [-0.25, -0.2) is 0 Å². The molecule has 8 nitrogen and oxygen atoms in total. The summed E-state index contributed by atoms with van der Waals surface area (Å²) in [5, 5.41) is 12.2. The van der Waals surface area contributed by atoms with E-state index in [1.54, 1.807) is 25.2 Å². The number of carbonyl (C=O) groups excluding carboxylic acids is 2. The Morgan fingerprint density at radius 2 is 1.71 bits per heavy atom. The molecular formula is C30H48N4O4.